The van der Waals surface area contributed by atoms with Gasteiger partial charge in [0.1, 0.15) is 4.90 Å². The number of hydrogen-bond donors (Lipinski definition) is 2. The fraction of sp³-hybridized carbons (Fsp3) is 0.500. The quantitative estimate of drug-likeness (QED) is 0.717. The van der Waals surface area contributed by atoms with Gasteiger partial charge in [0.25, 0.3) is 0 Å². The van der Waals surface area contributed by atoms with E-state index in [4.69, 9.17) is 9.84 Å². The van der Waals surface area contributed by atoms with Crippen LogP contribution in [0.5, 0.6) is 0 Å². The Morgan fingerprint density at radius 2 is 2.24 bits per heavy atom. The highest BCUT2D eigenvalue weighted by molar-refractivity contribution is 7.89. The molecule has 6 nitrogen and oxygen atoms in total. The average molecular weight is 312 g/mol. The molecule has 0 aromatic carbocycles. The Bertz CT molecular complexity index is 605. The fourth-order valence-corrected chi connectivity index (χ4v) is 2.61. The highest BCUT2D eigenvalue weighted by Gasteiger charge is 2.16. The minimum Gasteiger partial charge on any atom is -0.395 e. The first-order chi connectivity index (χ1) is 9.99. The van der Waals surface area contributed by atoms with Crippen molar-refractivity contribution in [1.29, 1.82) is 0 Å². The Labute approximate surface area is 125 Å². The SMILES string of the molecule is CCOC(C)CNS(=O)(=O)c1cncc(C#CCCO)c1. The second-order valence-corrected chi connectivity index (χ2v) is 6.07. The first-order valence-corrected chi connectivity index (χ1v) is 8.14. The van der Waals surface area contributed by atoms with Gasteiger partial charge in [-0.3, -0.25) is 4.98 Å². The molecule has 1 aromatic rings. The summed E-state index contributed by atoms with van der Waals surface area (Å²) in [5.41, 5.74) is 0.490. The highest BCUT2D eigenvalue weighted by atomic mass is 32.2. The predicted molar refractivity (Wildman–Crippen MR) is 79.1 cm³/mol. The Morgan fingerprint density at radius 1 is 1.48 bits per heavy atom. The van der Waals surface area contributed by atoms with Gasteiger partial charge in [-0.05, 0) is 19.9 Å². The van der Waals surface area contributed by atoms with Gasteiger partial charge in [-0.2, -0.15) is 0 Å². The van der Waals surface area contributed by atoms with Crippen LogP contribution in [0.25, 0.3) is 0 Å². The predicted octanol–water partition coefficient (Wildman–Crippen LogP) is 0.519. The maximum absolute atomic E-state index is 12.1. The molecule has 0 saturated heterocycles. The van der Waals surface area contributed by atoms with Crippen molar-refractivity contribution < 1.29 is 18.3 Å². The second-order valence-electron chi connectivity index (χ2n) is 4.30. The van der Waals surface area contributed by atoms with E-state index in [9.17, 15) is 8.42 Å². The van der Waals surface area contributed by atoms with Gasteiger partial charge in [-0.25, -0.2) is 13.1 Å². The van der Waals surface area contributed by atoms with Crippen LogP contribution in [-0.2, 0) is 14.8 Å². The van der Waals surface area contributed by atoms with Gasteiger partial charge in [0.15, 0.2) is 0 Å². The second kappa shape index (κ2) is 8.74. The lowest BCUT2D eigenvalue weighted by Crippen LogP contribution is -2.32. The molecule has 0 fully saturated rings. The summed E-state index contributed by atoms with van der Waals surface area (Å²) in [5.74, 6) is 5.48. The van der Waals surface area contributed by atoms with Gasteiger partial charge in [0.05, 0.1) is 12.7 Å². The molecule has 116 valence electrons. The lowest BCUT2D eigenvalue weighted by molar-refractivity contribution is 0.0799. The third kappa shape index (κ3) is 6.23. The fourth-order valence-electron chi connectivity index (χ4n) is 1.51. The summed E-state index contributed by atoms with van der Waals surface area (Å²) in [6.07, 6.45) is 2.88. The van der Waals surface area contributed by atoms with E-state index in [0.29, 0.717) is 18.6 Å². The largest absolute Gasteiger partial charge is 0.395 e. The molecule has 1 aromatic heterocycles. The Hall–Kier alpha value is -1.46. The summed E-state index contributed by atoms with van der Waals surface area (Å²) in [4.78, 5) is 3.94. The van der Waals surface area contributed by atoms with Gasteiger partial charge in [-0.15, -0.1) is 0 Å². The van der Waals surface area contributed by atoms with Crippen molar-refractivity contribution in [3.63, 3.8) is 0 Å². The van der Waals surface area contributed by atoms with Crippen molar-refractivity contribution in [1.82, 2.24) is 9.71 Å². The van der Waals surface area contributed by atoms with Crippen LogP contribution in [0, 0.1) is 11.8 Å². The zero-order valence-corrected chi connectivity index (χ0v) is 13.0. The molecule has 2 N–H and O–H groups in total. The topological polar surface area (TPSA) is 88.5 Å². The molecule has 0 amide bonds. The average Bonchev–Trinajstić information content (AvgIpc) is 2.46. The first kappa shape index (κ1) is 17.6. The number of nitrogens with zero attached hydrogens (tertiary/aromatic N) is 1. The number of rotatable bonds is 7. The minimum atomic E-state index is -3.64. The van der Waals surface area contributed by atoms with Crippen LogP contribution < -0.4 is 4.72 Å². The van der Waals surface area contributed by atoms with E-state index in [1.807, 2.05) is 6.92 Å². The number of pyridine rings is 1. The van der Waals surface area contributed by atoms with Crippen LogP contribution in [0.1, 0.15) is 25.8 Å². The minimum absolute atomic E-state index is 0.0324. The van der Waals surface area contributed by atoms with E-state index < -0.39 is 10.0 Å². The van der Waals surface area contributed by atoms with Gasteiger partial charge in [0, 0.05) is 37.5 Å². The van der Waals surface area contributed by atoms with E-state index in [-0.39, 0.29) is 24.2 Å². The molecule has 0 aliphatic heterocycles. The molecular formula is C14H20N2O4S. The van der Waals surface area contributed by atoms with E-state index in [1.165, 1.54) is 18.5 Å². The lowest BCUT2D eigenvalue weighted by atomic mass is 10.3. The van der Waals surface area contributed by atoms with Crippen LogP contribution >= 0.6 is 0 Å². The summed E-state index contributed by atoms with van der Waals surface area (Å²) in [6, 6.07) is 1.45. The van der Waals surface area contributed by atoms with E-state index in [2.05, 4.69) is 21.5 Å². The summed E-state index contributed by atoms with van der Waals surface area (Å²) >= 11 is 0. The molecule has 7 heteroatoms. The van der Waals surface area contributed by atoms with Gasteiger partial charge < -0.3 is 9.84 Å². The number of aromatic nitrogens is 1. The standard InChI is InChI=1S/C14H20N2O4S/c1-3-20-12(2)9-16-21(18,19)14-8-13(10-15-11-14)6-4-5-7-17/h8,10-12,16-17H,3,5,7,9H2,1-2H3. The Morgan fingerprint density at radius 3 is 2.90 bits per heavy atom. The number of nitrogens with one attached hydrogen (secondary N) is 1. The van der Waals surface area contributed by atoms with Crippen LogP contribution in [0.3, 0.4) is 0 Å². The highest BCUT2D eigenvalue weighted by Crippen LogP contribution is 2.09. The molecule has 21 heavy (non-hydrogen) atoms. The normalized spacial score (nSPS) is 12.5. The summed E-state index contributed by atoms with van der Waals surface area (Å²) in [6.45, 7) is 4.33. The van der Waals surface area contributed by atoms with E-state index in [0.717, 1.165) is 0 Å². The van der Waals surface area contributed by atoms with Crippen molar-refractivity contribution in [3.8, 4) is 11.8 Å². The number of aliphatic hydroxyl groups excluding tert-OH is 1. The molecule has 1 heterocycles. The molecular weight excluding hydrogens is 292 g/mol. The van der Waals surface area contributed by atoms with Crippen LogP contribution in [-0.4, -0.2) is 44.4 Å². The van der Waals surface area contributed by atoms with E-state index >= 15 is 0 Å². The third-order valence-electron chi connectivity index (χ3n) is 2.50. The number of ether oxygens (including phenoxy) is 1. The molecule has 0 radical (unpaired) electrons. The molecule has 1 atom stereocenters. The molecule has 0 aliphatic carbocycles. The molecule has 0 saturated carbocycles. The van der Waals surface area contributed by atoms with Gasteiger partial charge in [-0.1, -0.05) is 11.8 Å². The smallest absolute Gasteiger partial charge is 0.242 e. The summed E-state index contributed by atoms with van der Waals surface area (Å²) in [7, 11) is -3.64. The molecule has 0 bridgehead atoms. The summed E-state index contributed by atoms with van der Waals surface area (Å²) in [5, 5.41) is 8.66. The van der Waals surface area contributed by atoms with Crippen molar-refractivity contribution >= 4 is 10.0 Å². The van der Waals surface area contributed by atoms with Crippen molar-refractivity contribution in [2.75, 3.05) is 19.8 Å². The van der Waals surface area contributed by atoms with Crippen molar-refractivity contribution in [2.24, 2.45) is 0 Å². The van der Waals surface area contributed by atoms with E-state index in [1.54, 1.807) is 6.92 Å². The molecule has 0 spiro atoms. The Balaban J connectivity index is 2.79. The molecule has 1 unspecified atom stereocenters. The van der Waals surface area contributed by atoms with Crippen LogP contribution in [0.15, 0.2) is 23.4 Å². The first-order valence-electron chi connectivity index (χ1n) is 6.65. The van der Waals surface area contributed by atoms with Crippen molar-refractivity contribution in [3.05, 3.63) is 24.0 Å². The van der Waals surface area contributed by atoms with Crippen LogP contribution in [0.4, 0.5) is 0 Å². The maximum atomic E-state index is 12.1. The maximum Gasteiger partial charge on any atom is 0.242 e. The number of hydrogen-bond acceptors (Lipinski definition) is 5. The monoisotopic (exact) mass is 312 g/mol. The lowest BCUT2D eigenvalue weighted by Gasteiger charge is -2.12. The zero-order chi connectivity index (χ0) is 15.7. The molecule has 0 aliphatic rings. The zero-order valence-electron chi connectivity index (χ0n) is 12.2. The molecule has 1 rings (SSSR count). The third-order valence-corrected chi connectivity index (χ3v) is 3.90. The van der Waals surface area contributed by atoms with Crippen LogP contribution in [0.2, 0.25) is 0 Å². The number of aliphatic hydroxyl groups is 1. The van der Waals surface area contributed by atoms with Crippen molar-refractivity contribution in [2.45, 2.75) is 31.3 Å². The number of sulfonamides is 1. The van der Waals surface area contributed by atoms with Gasteiger partial charge >= 0.3 is 0 Å². The van der Waals surface area contributed by atoms with Gasteiger partial charge in [0.2, 0.25) is 10.0 Å². The Kier molecular flexibility index (Phi) is 7.32. The summed E-state index contributed by atoms with van der Waals surface area (Å²) < 4.78 is 32.0.